The van der Waals surface area contributed by atoms with Gasteiger partial charge < -0.3 is 0 Å². The van der Waals surface area contributed by atoms with Crippen molar-refractivity contribution in [1.29, 1.82) is 0 Å². The van der Waals surface area contributed by atoms with Crippen LogP contribution in [0.25, 0.3) is 107 Å². The Morgan fingerprint density at radius 2 is 0.725 bits per heavy atom. The molecular weight excluding hydrogens is 633 g/mol. The highest BCUT2D eigenvalue weighted by atomic mass is 32.1. The van der Waals surface area contributed by atoms with E-state index in [0.29, 0.717) is 0 Å². The molecule has 10 aromatic carbocycles. The molecule has 1 heterocycles. The van der Waals surface area contributed by atoms with Crippen LogP contribution in [0.5, 0.6) is 0 Å². The second-order valence-corrected chi connectivity index (χ2v) is 14.6. The second-order valence-electron chi connectivity index (χ2n) is 13.6. The van der Waals surface area contributed by atoms with Crippen molar-refractivity contribution in [2.45, 2.75) is 0 Å². The highest BCUT2D eigenvalue weighted by Crippen LogP contribution is 2.48. The van der Waals surface area contributed by atoms with Gasteiger partial charge in [0.05, 0.1) is 0 Å². The van der Waals surface area contributed by atoms with E-state index in [9.17, 15) is 0 Å². The zero-order chi connectivity index (χ0) is 33.5. The van der Waals surface area contributed by atoms with Crippen LogP contribution in [0, 0.1) is 0 Å². The Balaban J connectivity index is 1.14. The number of rotatable bonds is 3. The Bertz CT molecular complexity index is 3130. The molecule has 0 amide bonds. The summed E-state index contributed by atoms with van der Waals surface area (Å²) in [5.74, 6) is 0. The molecule has 0 unspecified atom stereocenters. The minimum Gasteiger partial charge on any atom is -0.134 e. The lowest BCUT2D eigenvalue weighted by molar-refractivity contribution is 1.64. The van der Waals surface area contributed by atoms with E-state index in [-0.39, 0.29) is 0 Å². The number of benzene rings is 10. The van der Waals surface area contributed by atoms with Crippen LogP contribution in [0.3, 0.4) is 0 Å². The molecule has 0 atom stereocenters. The van der Waals surface area contributed by atoms with Gasteiger partial charge in [0.15, 0.2) is 0 Å². The average Bonchev–Trinajstić information content (AvgIpc) is 3.59. The van der Waals surface area contributed by atoms with Gasteiger partial charge in [0.2, 0.25) is 0 Å². The van der Waals surface area contributed by atoms with Crippen molar-refractivity contribution in [3.05, 3.63) is 182 Å². The molecule has 51 heavy (non-hydrogen) atoms. The van der Waals surface area contributed by atoms with Crippen molar-refractivity contribution in [3.8, 4) is 33.4 Å². The maximum Gasteiger partial charge on any atom is 0.0440 e. The molecule has 0 aliphatic rings. The minimum absolute atomic E-state index is 1.24. The van der Waals surface area contributed by atoms with Gasteiger partial charge in [0.1, 0.15) is 0 Å². The first kappa shape index (κ1) is 28.5. The van der Waals surface area contributed by atoms with Crippen LogP contribution in [-0.2, 0) is 0 Å². The largest absolute Gasteiger partial charge is 0.134 e. The first-order valence-corrected chi connectivity index (χ1v) is 18.4. The molecule has 0 saturated heterocycles. The van der Waals surface area contributed by atoms with Crippen LogP contribution in [0.1, 0.15) is 0 Å². The molecule has 236 valence electrons. The molecule has 1 aromatic heterocycles. The smallest absolute Gasteiger partial charge is 0.0440 e. The lowest BCUT2D eigenvalue weighted by atomic mass is 9.85. The van der Waals surface area contributed by atoms with Crippen molar-refractivity contribution < 1.29 is 0 Å². The molecule has 0 fully saturated rings. The summed E-state index contributed by atoms with van der Waals surface area (Å²) in [7, 11) is 0. The van der Waals surface area contributed by atoms with Gasteiger partial charge in [-0.3, -0.25) is 0 Å². The fourth-order valence-electron chi connectivity index (χ4n) is 8.52. The number of thiophene rings is 1. The zero-order valence-electron chi connectivity index (χ0n) is 27.7. The minimum atomic E-state index is 1.24. The molecule has 0 nitrogen and oxygen atoms in total. The van der Waals surface area contributed by atoms with Crippen molar-refractivity contribution in [1.82, 2.24) is 0 Å². The van der Waals surface area contributed by atoms with E-state index < -0.39 is 0 Å². The van der Waals surface area contributed by atoms with E-state index in [1.165, 1.54) is 107 Å². The van der Waals surface area contributed by atoms with Crippen LogP contribution in [0.2, 0.25) is 0 Å². The summed E-state index contributed by atoms with van der Waals surface area (Å²) in [4.78, 5) is 0. The van der Waals surface area contributed by atoms with Gasteiger partial charge in [0, 0.05) is 25.6 Å². The number of hydrogen-bond donors (Lipinski definition) is 0. The van der Waals surface area contributed by atoms with Crippen LogP contribution in [0.4, 0.5) is 0 Å². The molecule has 0 aliphatic carbocycles. The van der Waals surface area contributed by atoms with E-state index >= 15 is 0 Å². The topological polar surface area (TPSA) is 0 Å². The van der Waals surface area contributed by atoms with Crippen LogP contribution in [0.15, 0.2) is 182 Å². The molecule has 11 aromatic rings. The molecule has 1 heteroatoms. The van der Waals surface area contributed by atoms with E-state index in [4.69, 9.17) is 0 Å². The Labute approximate surface area is 299 Å². The van der Waals surface area contributed by atoms with Gasteiger partial charge in [-0.25, -0.2) is 0 Å². The SMILES string of the molecule is c1ccc(-c2ccc3cc(-c4c5ccccc5c(-c5ccc6c(c5)sc5c7ccccc7c7ccccc7c65)c5ccccc45)ccc3c2)cc1. The Morgan fingerprint density at radius 1 is 0.275 bits per heavy atom. The maximum absolute atomic E-state index is 2.44. The fourth-order valence-corrected chi connectivity index (χ4v) is 9.82. The third-order valence-electron chi connectivity index (χ3n) is 10.8. The number of hydrogen-bond acceptors (Lipinski definition) is 1. The summed E-state index contributed by atoms with van der Waals surface area (Å²) in [6.45, 7) is 0. The Morgan fingerprint density at radius 3 is 1.35 bits per heavy atom. The normalized spacial score (nSPS) is 11.9. The quantitative estimate of drug-likeness (QED) is 0.130. The highest BCUT2D eigenvalue weighted by Gasteiger charge is 2.19. The second kappa shape index (κ2) is 11.1. The first-order valence-electron chi connectivity index (χ1n) is 17.6. The van der Waals surface area contributed by atoms with E-state index in [2.05, 4.69) is 182 Å². The van der Waals surface area contributed by atoms with Crippen LogP contribution in [-0.4, -0.2) is 0 Å². The predicted octanol–water partition coefficient (Wildman–Crippen LogP) is 14.8. The summed E-state index contributed by atoms with van der Waals surface area (Å²) in [5.41, 5.74) is 7.58. The summed E-state index contributed by atoms with van der Waals surface area (Å²) >= 11 is 1.93. The summed E-state index contributed by atoms with van der Waals surface area (Å²) < 4.78 is 2.69. The molecule has 0 aliphatic heterocycles. The molecule has 11 rings (SSSR count). The van der Waals surface area contributed by atoms with Crippen molar-refractivity contribution in [2.24, 2.45) is 0 Å². The summed E-state index contributed by atoms with van der Waals surface area (Å²) in [5, 5.41) is 15.6. The molecule has 0 bridgehead atoms. The Kier molecular flexibility index (Phi) is 6.22. The van der Waals surface area contributed by atoms with Gasteiger partial charge in [0.25, 0.3) is 0 Å². The van der Waals surface area contributed by atoms with Gasteiger partial charge in [-0.05, 0) is 100 Å². The van der Waals surface area contributed by atoms with Crippen molar-refractivity contribution in [2.75, 3.05) is 0 Å². The number of fused-ring (bicyclic) bond motifs is 11. The van der Waals surface area contributed by atoms with E-state index in [0.717, 1.165) is 0 Å². The summed E-state index contributed by atoms with van der Waals surface area (Å²) in [6, 6.07) is 67.3. The standard InChI is InChI=1S/C50H30S/c1-2-12-31(13-3-1)32-22-23-34-29-35(25-24-33(34)28-32)47-40-17-7-9-19-42(40)48(43-20-10-8-18-41(43)47)36-26-27-45-46(30-36)51-50-44-21-11-5-15-38(44)37-14-4-6-16-39(37)49(45)50/h1-30H. The third-order valence-corrected chi connectivity index (χ3v) is 12.0. The fraction of sp³-hybridized carbons (Fsp3) is 0. The lowest BCUT2D eigenvalue weighted by Crippen LogP contribution is -1.91. The van der Waals surface area contributed by atoms with Crippen LogP contribution < -0.4 is 0 Å². The summed E-state index contributed by atoms with van der Waals surface area (Å²) in [6.07, 6.45) is 0. The molecular formula is C50H30S. The monoisotopic (exact) mass is 662 g/mol. The average molecular weight is 663 g/mol. The molecule has 0 radical (unpaired) electrons. The predicted molar refractivity (Wildman–Crippen MR) is 223 cm³/mol. The zero-order valence-corrected chi connectivity index (χ0v) is 28.5. The lowest BCUT2D eigenvalue weighted by Gasteiger charge is -2.18. The van der Waals surface area contributed by atoms with Crippen molar-refractivity contribution >= 4 is 85.4 Å². The van der Waals surface area contributed by atoms with Gasteiger partial charge in [-0.1, -0.05) is 164 Å². The third kappa shape index (κ3) is 4.32. The Hall–Kier alpha value is -6.28. The van der Waals surface area contributed by atoms with Gasteiger partial charge >= 0.3 is 0 Å². The van der Waals surface area contributed by atoms with Gasteiger partial charge in [-0.15, -0.1) is 11.3 Å². The van der Waals surface area contributed by atoms with Crippen LogP contribution >= 0.6 is 11.3 Å². The van der Waals surface area contributed by atoms with Crippen molar-refractivity contribution in [3.63, 3.8) is 0 Å². The van der Waals surface area contributed by atoms with E-state index in [1.54, 1.807) is 0 Å². The molecule has 0 N–H and O–H groups in total. The van der Waals surface area contributed by atoms with E-state index in [1.807, 2.05) is 11.3 Å². The first-order chi connectivity index (χ1) is 25.3. The highest BCUT2D eigenvalue weighted by molar-refractivity contribution is 7.27. The maximum atomic E-state index is 2.44. The molecule has 0 spiro atoms. The molecule has 0 saturated carbocycles. The van der Waals surface area contributed by atoms with Gasteiger partial charge in [-0.2, -0.15) is 0 Å².